The van der Waals surface area contributed by atoms with Gasteiger partial charge in [0.2, 0.25) is 5.91 Å². The van der Waals surface area contributed by atoms with E-state index in [4.69, 9.17) is 0 Å². The predicted molar refractivity (Wildman–Crippen MR) is 140 cm³/mol. The van der Waals surface area contributed by atoms with E-state index >= 15 is 0 Å². The Morgan fingerprint density at radius 3 is 2.46 bits per heavy atom. The number of aromatic nitrogens is 2. The number of nitrogens with one attached hydrogen (secondary N) is 1. The van der Waals surface area contributed by atoms with E-state index in [1.165, 1.54) is 5.56 Å². The number of fused-ring (bicyclic) bond motifs is 1. The van der Waals surface area contributed by atoms with Crippen LogP contribution in [-0.2, 0) is 17.9 Å². The van der Waals surface area contributed by atoms with Crippen LogP contribution in [-0.4, -0.2) is 86.5 Å². The van der Waals surface area contributed by atoms with Gasteiger partial charge in [-0.15, -0.1) is 0 Å². The lowest BCUT2D eigenvalue weighted by atomic mass is 9.94. The molecular weight excluding hydrogens is 468 g/mol. The fourth-order valence-electron chi connectivity index (χ4n) is 5.84. The van der Waals surface area contributed by atoms with Crippen LogP contribution in [0.5, 0.6) is 0 Å². The summed E-state index contributed by atoms with van der Waals surface area (Å²) in [5.74, 6) is -0.533. The Morgan fingerprint density at radius 1 is 1.08 bits per heavy atom. The Morgan fingerprint density at radius 2 is 1.78 bits per heavy atom. The maximum Gasteiger partial charge on any atom is 0.274 e. The summed E-state index contributed by atoms with van der Waals surface area (Å²) in [6, 6.07) is 12.1. The highest BCUT2D eigenvalue weighted by Gasteiger charge is 2.48. The molecule has 9 heteroatoms. The monoisotopic (exact) mass is 506 g/mol. The molecule has 1 aromatic heterocycles. The highest BCUT2D eigenvalue weighted by molar-refractivity contribution is 6.02. The zero-order valence-electron chi connectivity index (χ0n) is 22.0. The van der Waals surface area contributed by atoms with E-state index in [-0.39, 0.29) is 36.0 Å². The molecule has 3 heterocycles. The van der Waals surface area contributed by atoms with Crippen LogP contribution in [0.15, 0.2) is 36.4 Å². The molecule has 5 rings (SSSR count). The highest BCUT2D eigenvalue weighted by atomic mass is 16.2. The standard InChI is InChI=1S/C28H38N6O3/c1-3-13-33-26(36)24-18-23(30-34(24)20-28(33,2)27(37)29-22-11-7-8-12-22)25(35)32-16-14-31(15-17-32)19-21-9-5-4-6-10-21/h4-6,9-10,18,22H,3,7-8,11-17,19-20H2,1-2H3,(H,29,37)/t28-/m0/s1. The van der Waals surface area contributed by atoms with E-state index in [1.807, 2.05) is 36.9 Å². The number of hydrogen-bond acceptors (Lipinski definition) is 5. The van der Waals surface area contributed by atoms with Crippen LogP contribution in [0.1, 0.15) is 72.5 Å². The normalized spacial score (nSPS) is 22.8. The van der Waals surface area contributed by atoms with Crippen LogP contribution >= 0.6 is 0 Å². The van der Waals surface area contributed by atoms with Crippen molar-refractivity contribution in [3.63, 3.8) is 0 Å². The third kappa shape index (κ3) is 5.14. The smallest absolute Gasteiger partial charge is 0.274 e. The van der Waals surface area contributed by atoms with Crippen LogP contribution in [0.25, 0.3) is 0 Å². The number of benzene rings is 1. The molecule has 1 saturated carbocycles. The summed E-state index contributed by atoms with van der Waals surface area (Å²) < 4.78 is 1.57. The van der Waals surface area contributed by atoms with E-state index in [0.717, 1.165) is 51.7 Å². The quantitative estimate of drug-likeness (QED) is 0.623. The van der Waals surface area contributed by atoms with Crippen molar-refractivity contribution in [1.29, 1.82) is 0 Å². The lowest BCUT2D eigenvalue weighted by Crippen LogP contribution is -2.65. The topological polar surface area (TPSA) is 90.8 Å². The van der Waals surface area contributed by atoms with Crippen molar-refractivity contribution in [2.75, 3.05) is 32.7 Å². The first-order valence-electron chi connectivity index (χ1n) is 13.7. The van der Waals surface area contributed by atoms with E-state index < -0.39 is 5.54 Å². The second-order valence-electron chi connectivity index (χ2n) is 10.8. The minimum absolute atomic E-state index is 0.134. The number of carbonyl (C=O) groups is 3. The molecule has 0 spiro atoms. The minimum Gasteiger partial charge on any atom is -0.351 e. The van der Waals surface area contributed by atoms with Gasteiger partial charge in [-0.05, 0) is 31.7 Å². The summed E-state index contributed by atoms with van der Waals surface area (Å²) in [5, 5.41) is 7.73. The third-order valence-corrected chi connectivity index (χ3v) is 8.05. The second kappa shape index (κ2) is 10.7. The van der Waals surface area contributed by atoms with E-state index in [1.54, 1.807) is 15.6 Å². The van der Waals surface area contributed by atoms with Gasteiger partial charge < -0.3 is 15.1 Å². The molecule has 1 saturated heterocycles. The summed E-state index contributed by atoms with van der Waals surface area (Å²) in [4.78, 5) is 46.2. The van der Waals surface area contributed by atoms with E-state index in [0.29, 0.717) is 25.3 Å². The zero-order valence-corrected chi connectivity index (χ0v) is 22.0. The van der Waals surface area contributed by atoms with Crippen LogP contribution in [0.4, 0.5) is 0 Å². The summed E-state index contributed by atoms with van der Waals surface area (Å²) in [7, 11) is 0. The summed E-state index contributed by atoms with van der Waals surface area (Å²) >= 11 is 0. The first kappa shape index (κ1) is 25.4. The Labute approximate surface area is 218 Å². The molecule has 9 nitrogen and oxygen atoms in total. The van der Waals surface area contributed by atoms with Gasteiger partial charge >= 0.3 is 0 Å². The van der Waals surface area contributed by atoms with E-state index in [2.05, 4.69) is 27.4 Å². The molecule has 3 aliphatic rings. The first-order chi connectivity index (χ1) is 17.9. The van der Waals surface area contributed by atoms with Gasteiger partial charge in [0.25, 0.3) is 11.8 Å². The van der Waals surface area contributed by atoms with Gasteiger partial charge in [0, 0.05) is 51.4 Å². The van der Waals surface area contributed by atoms with Crippen LogP contribution in [0.2, 0.25) is 0 Å². The molecule has 0 radical (unpaired) electrons. The Bertz CT molecular complexity index is 1130. The lowest BCUT2D eigenvalue weighted by Gasteiger charge is -2.43. The van der Waals surface area contributed by atoms with Crippen molar-refractivity contribution in [3.8, 4) is 0 Å². The predicted octanol–water partition coefficient (Wildman–Crippen LogP) is 2.52. The van der Waals surface area contributed by atoms with Gasteiger partial charge in [0.05, 0.1) is 6.54 Å². The average molecular weight is 507 g/mol. The molecule has 0 unspecified atom stereocenters. The molecule has 37 heavy (non-hydrogen) atoms. The van der Waals surface area contributed by atoms with Crippen molar-refractivity contribution in [2.45, 2.75) is 70.6 Å². The molecule has 1 atom stereocenters. The second-order valence-corrected chi connectivity index (χ2v) is 10.8. The Hall–Kier alpha value is -3.20. The van der Waals surface area contributed by atoms with Gasteiger partial charge in [0.1, 0.15) is 11.2 Å². The van der Waals surface area contributed by atoms with Crippen LogP contribution in [0, 0.1) is 0 Å². The van der Waals surface area contributed by atoms with Crippen LogP contribution < -0.4 is 5.32 Å². The first-order valence-corrected chi connectivity index (χ1v) is 13.7. The maximum absolute atomic E-state index is 13.5. The van der Waals surface area contributed by atoms with Crippen molar-refractivity contribution in [1.82, 2.24) is 29.8 Å². The lowest BCUT2D eigenvalue weighted by molar-refractivity contribution is -0.133. The minimum atomic E-state index is -1.04. The van der Waals surface area contributed by atoms with Gasteiger partial charge in [0.15, 0.2) is 5.69 Å². The van der Waals surface area contributed by atoms with E-state index in [9.17, 15) is 14.4 Å². The fraction of sp³-hybridized carbons (Fsp3) is 0.571. The summed E-state index contributed by atoms with van der Waals surface area (Å²) in [5.41, 5.74) is 0.875. The summed E-state index contributed by atoms with van der Waals surface area (Å²) in [6.45, 7) is 8.22. The molecular formula is C28H38N6O3. The van der Waals surface area contributed by atoms with Gasteiger partial charge in [-0.1, -0.05) is 50.1 Å². The molecule has 2 aliphatic heterocycles. The average Bonchev–Trinajstić information content (AvgIpc) is 3.57. The molecule has 198 valence electrons. The molecule has 2 fully saturated rings. The molecule has 0 bridgehead atoms. The van der Waals surface area contributed by atoms with Gasteiger partial charge in [-0.25, -0.2) is 0 Å². The number of carbonyl (C=O) groups excluding carboxylic acids is 3. The Kier molecular flexibility index (Phi) is 7.33. The highest BCUT2D eigenvalue weighted by Crippen LogP contribution is 2.29. The Balaban J connectivity index is 1.28. The number of hydrogen-bond donors (Lipinski definition) is 1. The largest absolute Gasteiger partial charge is 0.351 e. The molecule has 1 N–H and O–H groups in total. The maximum atomic E-state index is 13.5. The van der Waals surface area contributed by atoms with Gasteiger partial charge in [-0.2, -0.15) is 5.10 Å². The summed E-state index contributed by atoms with van der Waals surface area (Å²) in [6.07, 6.45) is 4.94. The molecule has 1 aliphatic carbocycles. The number of rotatable bonds is 7. The van der Waals surface area contributed by atoms with Gasteiger partial charge in [-0.3, -0.25) is 24.0 Å². The van der Waals surface area contributed by atoms with Crippen molar-refractivity contribution < 1.29 is 14.4 Å². The molecule has 3 amide bonds. The third-order valence-electron chi connectivity index (χ3n) is 8.05. The van der Waals surface area contributed by atoms with Crippen molar-refractivity contribution in [2.24, 2.45) is 0 Å². The SMILES string of the molecule is CCCN1C(=O)c2cc(C(=O)N3CCN(Cc4ccccc4)CC3)nn2C[C@@]1(C)C(=O)NC1CCCC1. The van der Waals surface area contributed by atoms with Crippen molar-refractivity contribution in [3.05, 3.63) is 53.3 Å². The number of amides is 3. The zero-order chi connectivity index (χ0) is 26.0. The fourth-order valence-corrected chi connectivity index (χ4v) is 5.84. The molecule has 1 aromatic carbocycles. The van der Waals surface area contributed by atoms with Crippen LogP contribution in [0.3, 0.4) is 0 Å². The number of piperazine rings is 1. The van der Waals surface area contributed by atoms with Crippen molar-refractivity contribution >= 4 is 17.7 Å². The molecule has 2 aromatic rings. The number of nitrogens with zero attached hydrogens (tertiary/aromatic N) is 5.